The molecular formula is C19H17BrClF3N2. The third kappa shape index (κ3) is 3.92. The lowest BCUT2D eigenvalue weighted by atomic mass is 9.99. The first-order valence-corrected chi connectivity index (χ1v) is 9.35. The maximum atomic E-state index is 13.5. The molecule has 3 aromatic rings. The number of fused-ring (bicyclic) bond motifs is 1. The maximum Gasteiger partial charge on any atom is 0.418 e. The van der Waals surface area contributed by atoms with Crippen molar-refractivity contribution in [1.29, 1.82) is 0 Å². The molecule has 0 radical (unpaired) electrons. The zero-order chi connectivity index (χ0) is 18.9. The maximum absolute atomic E-state index is 13.5. The highest BCUT2D eigenvalue weighted by Gasteiger charge is 2.34. The summed E-state index contributed by atoms with van der Waals surface area (Å²) >= 11 is 9.42. The van der Waals surface area contributed by atoms with Gasteiger partial charge in [-0.25, -0.2) is 0 Å². The number of rotatable bonds is 5. The van der Waals surface area contributed by atoms with Crippen molar-refractivity contribution in [3.8, 4) is 11.3 Å². The van der Waals surface area contributed by atoms with Crippen molar-refractivity contribution in [2.75, 3.05) is 6.54 Å². The normalized spacial score (nSPS) is 12.1. The van der Waals surface area contributed by atoms with Gasteiger partial charge in [-0.1, -0.05) is 39.7 Å². The quantitative estimate of drug-likeness (QED) is 0.430. The number of hydrogen-bond donors (Lipinski definition) is 2. The van der Waals surface area contributed by atoms with E-state index < -0.39 is 11.7 Å². The number of unbranched alkanes of at least 4 members (excludes halogenated alkanes) is 1. The molecule has 138 valence electrons. The molecule has 7 heteroatoms. The van der Waals surface area contributed by atoms with Crippen molar-refractivity contribution >= 4 is 38.4 Å². The third-order valence-corrected chi connectivity index (χ3v) is 4.99. The standard InChI is InChI=1S/C19H17BrClF3N2/c20-12-5-3-4-11(8-12)17-14(6-1-2-7-25)15-9-13(21)10-16(18(15)26-17)19(22,23)24/h3-5,8-10,26H,1-2,6-7,25H2. The summed E-state index contributed by atoms with van der Waals surface area (Å²) in [6, 6.07) is 10.0. The summed E-state index contributed by atoms with van der Waals surface area (Å²) in [6.45, 7) is 0.545. The van der Waals surface area contributed by atoms with Crippen molar-refractivity contribution in [2.24, 2.45) is 5.73 Å². The van der Waals surface area contributed by atoms with E-state index >= 15 is 0 Å². The second-order valence-electron chi connectivity index (χ2n) is 6.11. The lowest BCUT2D eigenvalue weighted by Crippen LogP contribution is -2.05. The van der Waals surface area contributed by atoms with E-state index in [1.165, 1.54) is 0 Å². The number of benzene rings is 2. The minimum absolute atomic E-state index is 0.0691. The largest absolute Gasteiger partial charge is 0.418 e. The summed E-state index contributed by atoms with van der Waals surface area (Å²) in [7, 11) is 0. The predicted octanol–water partition coefficient (Wildman–Crippen LogP) is 6.55. The van der Waals surface area contributed by atoms with Crippen LogP contribution < -0.4 is 5.73 Å². The van der Waals surface area contributed by atoms with Crippen LogP contribution in [-0.2, 0) is 12.6 Å². The van der Waals surface area contributed by atoms with Gasteiger partial charge in [0.15, 0.2) is 0 Å². The molecule has 0 aliphatic rings. The van der Waals surface area contributed by atoms with Crippen molar-refractivity contribution in [2.45, 2.75) is 25.4 Å². The Morgan fingerprint density at radius 2 is 1.88 bits per heavy atom. The predicted molar refractivity (Wildman–Crippen MR) is 103 cm³/mol. The highest BCUT2D eigenvalue weighted by atomic mass is 79.9. The molecule has 0 unspecified atom stereocenters. The number of H-pyrrole nitrogens is 1. The van der Waals surface area contributed by atoms with Gasteiger partial charge in [0.1, 0.15) is 0 Å². The Labute approximate surface area is 162 Å². The van der Waals surface area contributed by atoms with Crippen LogP contribution in [0.2, 0.25) is 5.02 Å². The third-order valence-electron chi connectivity index (χ3n) is 4.28. The van der Waals surface area contributed by atoms with Crippen LogP contribution in [-0.4, -0.2) is 11.5 Å². The fourth-order valence-electron chi connectivity index (χ4n) is 3.13. The van der Waals surface area contributed by atoms with E-state index in [0.717, 1.165) is 34.5 Å². The second-order valence-corrected chi connectivity index (χ2v) is 7.46. The molecule has 0 amide bonds. The van der Waals surface area contributed by atoms with Gasteiger partial charge in [0.2, 0.25) is 0 Å². The number of halogens is 5. The monoisotopic (exact) mass is 444 g/mol. The highest BCUT2D eigenvalue weighted by molar-refractivity contribution is 9.10. The highest BCUT2D eigenvalue weighted by Crippen LogP contribution is 2.41. The van der Waals surface area contributed by atoms with Crippen LogP contribution >= 0.6 is 27.5 Å². The molecule has 0 aliphatic carbocycles. The first kappa shape index (κ1) is 19.3. The van der Waals surface area contributed by atoms with Gasteiger partial charge in [-0.3, -0.25) is 0 Å². The number of aryl methyl sites for hydroxylation is 1. The fraction of sp³-hybridized carbons (Fsp3) is 0.263. The summed E-state index contributed by atoms with van der Waals surface area (Å²) in [5, 5.41) is 0.585. The molecule has 3 rings (SSSR count). The number of aromatic amines is 1. The molecular weight excluding hydrogens is 429 g/mol. The van der Waals surface area contributed by atoms with E-state index in [1.807, 2.05) is 24.3 Å². The number of aromatic nitrogens is 1. The summed E-state index contributed by atoms with van der Waals surface area (Å²) in [5.41, 5.74) is 7.23. The Morgan fingerprint density at radius 1 is 1.12 bits per heavy atom. The molecule has 0 aliphatic heterocycles. The van der Waals surface area contributed by atoms with Crippen molar-refractivity contribution in [3.05, 3.63) is 57.0 Å². The summed E-state index contributed by atoms with van der Waals surface area (Å²) < 4.78 is 41.4. The van der Waals surface area contributed by atoms with Crippen molar-refractivity contribution in [3.63, 3.8) is 0 Å². The summed E-state index contributed by atoms with van der Waals surface area (Å²) in [4.78, 5) is 3.01. The number of nitrogens with two attached hydrogens (primary N) is 1. The molecule has 0 saturated carbocycles. The molecule has 0 atom stereocenters. The van der Waals surface area contributed by atoms with Gasteiger partial charge in [-0.05, 0) is 61.2 Å². The Kier molecular flexibility index (Phi) is 5.65. The van der Waals surface area contributed by atoms with Gasteiger partial charge in [0.25, 0.3) is 0 Å². The molecule has 0 spiro atoms. The average molecular weight is 446 g/mol. The summed E-state index contributed by atoms with van der Waals surface area (Å²) in [6.07, 6.45) is -2.27. The van der Waals surface area contributed by atoms with E-state index in [9.17, 15) is 13.2 Å². The zero-order valence-electron chi connectivity index (χ0n) is 13.8. The van der Waals surface area contributed by atoms with E-state index in [2.05, 4.69) is 20.9 Å². The number of hydrogen-bond acceptors (Lipinski definition) is 1. The van der Waals surface area contributed by atoms with Crippen LogP contribution in [0.5, 0.6) is 0 Å². The van der Waals surface area contributed by atoms with E-state index in [-0.39, 0.29) is 10.5 Å². The van der Waals surface area contributed by atoms with E-state index in [0.29, 0.717) is 24.0 Å². The molecule has 0 bridgehead atoms. The van der Waals surface area contributed by atoms with Gasteiger partial charge < -0.3 is 10.7 Å². The van der Waals surface area contributed by atoms with Crippen LogP contribution in [0.4, 0.5) is 13.2 Å². The molecule has 3 N–H and O–H groups in total. The van der Waals surface area contributed by atoms with Gasteiger partial charge in [0, 0.05) is 20.6 Å². The lowest BCUT2D eigenvalue weighted by molar-refractivity contribution is -0.136. The Morgan fingerprint density at radius 3 is 2.54 bits per heavy atom. The van der Waals surface area contributed by atoms with Crippen LogP contribution in [0.1, 0.15) is 24.0 Å². The Hall–Kier alpha value is -1.50. The smallest absolute Gasteiger partial charge is 0.354 e. The van der Waals surface area contributed by atoms with Gasteiger partial charge in [0.05, 0.1) is 11.1 Å². The first-order chi connectivity index (χ1) is 12.3. The SMILES string of the molecule is NCCCCc1c(-c2cccc(Br)c2)[nH]c2c(C(F)(F)F)cc(Cl)cc12. The van der Waals surface area contributed by atoms with Crippen molar-refractivity contribution in [1.82, 2.24) is 4.98 Å². The van der Waals surface area contributed by atoms with Gasteiger partial charge in [-0.2, -0.15) is 13.2 Å². The first-order valence-electron chi connectivity index (χ1n) is 8.18. The second kappa shape index (κ2) is 7.62. The number of nitrogens with one attached hydrogen (secondary N) is 1. The average Bonchev–Trinajstić information content (AvgIpc) is 2.92. The van der Waals surface area contributed by atoms with Crippen LogP contribution in [0.3, 0.4) is 0 Å². The van der Waals surface area contributed by atoms with Gasteiger partial charge in [-0.15, -0.1) is 0 Å². The lowest BCUT2D eigenvalue weighted by Gasteiger charge is -2.09. The van der Waals surface area contributed by atoms with E-state index in [4.69, 9.17) is 17.3 Å². The topological polar surface area (TPSA) is 41.8 Å². The fourth-order valence-corrected chi connectivity index (χ4v) is 3.75. The molecule has 0 saturated heterocycles. The molecule has 0 fully saturated rings. The molecule has 26 heavy (non-hydrogen) atoms. The van der Waals surface area contributed by atoms with Crippen molar-refractivity contribution < 1.29 is 13.2 Å². The Balaban J connectivity index is 2.27. The summed E-state index contributed by atoms with van der Waals surface area (Å²) in [5.74, 6) is 0. The minimum Gasteiger partial charge on any atom is -0.354 e. The van der Waals surface area contributed by atoms with Crippen LogP contribution in [0.15, 0.2) is 40.9 Å². The Bertz CT molecular complexity index is 934. The van der Waals surface area contributed by atoms with E-state index in [1.54, 1.807) is 6.07 Å². The molecule has 1 aromatic heterocycles. The molecule has 2 aromatic carbocycles. The van der Waals surface area contributed by atoms with Crippen LogP contribution in [0.25, 0.3) is 22.2 Å². The van der Waals surface area contributed by atoms with Gasteiger partial charge >= 0.3 is 6.18 Å². The van der Waals surface area contributed by atoms with Crippen LogP contribution in [0, 0.1) is 0 Å². The molecule has 1 heterocycles. The zero-order valence-corrected chi connectivity index (χ0v) is 16.1. The number of alkyl halides is 3. The molecule has 2 nitrogen and oxygen atoms in total. The minimum atomic E-state index is -4.49.